The fraction of sp³-hybridized carbons (Fsp3) is 0.929. The molecule has 1 rings (SSSR count). The highest BCUT2D eigenvalue weighted by Gasteiger charge is 2.36. The fourth-order valence-corrected chi connectivity index (χ4v) is 2.80. The quantitative estimate of drug-likeness (QED) is 0.674. The summed E-state index contributed by atoms with van der Waals surface area (Å²) >= 11 is 0. The van der Waals surface area contributed by atoms with Crippen LogP contribution in [-0.4, -0.2) is 12.3 Å². The number of ketones is 1. The van der Waals surface area contributed by atoms with E-state index in [2.05, 4.69) is 6.92 Å². The van der Waals surface area contributed by atoms with Crippen LogP contribution in [0.4, 0.5) is 0 Å². The van der Waals surface area contributed by atoms with Gasteiger partial charge in [-0.2, -0.15) is 0 Å². The Kier molecular flexibility index (Phi) is 6.04. The van der Waals surface area contributed by atoms with Gasteiger partial charge in [0, 0.05) is 18.4 Å². The van der Waals surface area contributed by atoms with E-state index < -0.39 is 0 Å². The minimum atomic E-state index is -0.134. The van der Waals surface area contributed by atoms with Gasteiger partial charge in [-0.25, -0.2) is 0 Å². The number of hydrogen-bond donors (Lipinski definition) is 1. The molecule has 0 heterocycles. The lowest BCUT2D eigenvalue weighted by Gasteiger charge is -2.34. The second-order valence-electron chi connectivity index (χ2n) is 5.28. The van der Waals surface area contributed by atoms with Crippen molar-refractivity contribution in [2.75, 3.05) is 6.54 Å². The predicted molar refractivity (Wildman–Crippen MR) is 68.3 cm³/mol. The van der Waals surface area contributed by atoms with E-state index in [1.807, 2.05) is 0 Å². The third-order valence-electron chi connectivity index (χ3n) is 4.05. The molecule has 0 aliphatic heterocycles. The van der Waals surface area contributed by atoms with Crippen molar-refractivity contribution in [1.29, 1.82) is 0 Å². The normalized spacial score (nSPS) is 19.6. The maximum Gasteiger partial charge on any atom is 0.140 e. The van der Waals surface area contributed by atoms with Crippen LogP contribution >= 0.6 is 0 Å². The second-order valence-corrected chi connectivity index (χ2v) is 5.28. The third kappa shape index (κ3) is 3.58. The molecule has 1 fully saturated rings. The maximum atomic E-state index is 12.2. The van der Waals surface area contributed by atoms with Gasteiger partial charge in [0.25, 0.3) is 0 Å². The first-order valence-electron chi connectivity index (χ1n) is 6.98. The van der Waals surface area contributed by atoms with Crippen molar-refractivity contribution in [3.8, 4) is 0 Å². The van der Waals surface area contributed by atoms with E-state index >= 15 is 0 Å². The smallest absolute Gasteiger partial charge is 0.140 e. The van der Waals surface area contributed by atoms with Crippen LogP contribution in [0.25, 0.3) is 0 Å². The second kappa shape index (κ2) is 7.05. The lowest BCUT2D eigenvalue weighted by Crippen LogP contribution is -2.40. The molecular formula is C14H27NO. The molecule has 0 spiro atoms. The Labute approximate surface area is 100.0 Å². The van der Waals surface area contributed by atoms with Crippen LogP contribution in [0.5, 0.6) is 0 Å². The van der Waals surface area contributed by atoms with Crippen molar-refractivity contribution in [3.05, 3.63) is 0 Å². The number of carbonyl (C=O) groups is 1. The number of rotatable bonds is 7. The zero-order valence-electron chi connectivity index (χ0n) is 10.8. The summed E-state index contributed by atoms with van der Waals surface area (Å²) in [6, 6.07) is 0. The lowest BCUT2D eigenvalue weighted by atomic mass is 9.70. The van der Waals surface area contributed by atoms with Gasteiger partial charge in [0.1, 0.15) is 5.78 Å². The van der Waals surface area contributed by atoms with E-state index in [9.17, 15) is 4.79 Å². The molecule has 94 valence electrons. The standard InChI is InChI=1S/C14H27NO/c1-2-3-4-6-9-13(16)14(12-15)10-7-5-8-11-14/h2-12,15H2,1H3. The van der Waals surface area contributed by atoms with Crippen LogP contribution in [0.15, 0.2) is 0 Å². The van der Waals surface area contributed by atoms with E-state index in [0.717, 1.165) is 25.7 Å². The van der Waals surface area contributed by atoms with Crippen molar-refractivity contribution in [2.24, 2.45) is 11.1 Å². The molecule has 2 heteroatoms. The Balaban J connectivity index is 2.36. The minimum Gasteiger partial charge on any atom is -0.329 e. The highest BCUT2D eigenvalue weighted by Crippen LogP contribution is 2.37. The summed E-state index contributed by atoms with van der Waals surface area (Å²) < 4.78 is 0. The molecular weight excluding hydrogens is 198 g/mol. The summed E-state index contributed by atoms with van der Waals surface area (Å²) in [5, 5.41) is 0. The lowest BCUT2D eigenvalue weighted by molar-refractivity contribution is -0.130. The minimum absolute atomic E-state index is 0.134. The number of Topliss-reactive ketones (excluding diaryl/α,β-unsaturated/α-hetero) is 1. The first-order chi connectivity index (χ1) is 7.75. The van der Waals surface area contributed by atoms with Crippen LogP contribution in [0, 0.1) is 5.41 Å². The first kappa shape index (κ1) is 13.7. The SMILES string of the molecule is CCCCCCC(=O)C1(CN)CCCCC1. The first-order valence-corrected chi connectivity index (χ1v) is 6.98. The van der Waals surface area contributed by atoms with Gasteiger partial charge in [0.2, 0.25) is 0 Å². The van der Waals surface area contributed by atoms with E-state index in [4.69, 9.17) is 5.73 Å². The van der Waals surface area contributed by atoms with Gasteiger partial charge >= 0.3 is 0 Å². The summed E-state index contributed by atoms with van der Waals surface area (Å²) in [6.07, 6.45) is 11.3. The number of nitrogens with two attached hydrogens (primary N) is 1. The average molecular weight is 225 g/mol. The highest BCUT2D eigenvalue weighted by molar-refractivity contribution is 5.85. The van der Waals surface area contributed by atoms with Crippen molar-refractivity contribution in [2.45, 2.75) is 71.1 Å². The van der Waals surface area contributed by atoms with E-state index in [1.165, 1.54) is 38.5 Å². The van der Waals surface area contributed by atoms with E-state index in [0.29, 0.717) is 12.3 Å². The molecule has 0 saturated heterocycles. The molecule has 16 heavy (non-hydrogen) atoms. The van der Waals surface area contributed by atoms with E-state index in [-0.39, 0.29) is 5.41 Å². The molecule has 0 aromatic rings. The summed E-state index contributed by atoms with van der Waals surface area (Å²) in [5.74, 6) is 0.450. The highest BCUT2D eigenvalue weighted by atomic mass is 16.1. The molecule has 2 N–H and O–H groups in total. The van der Waals surface area contributed by atoms with Crippen LogP contribution < -0.4 is 5.73 Å². The van der Waals surface area contributed by atoms with Crippen LogP contribution in [0.3, 0.4) is 0 Å². The summed E-state index contributed by atoms with van der Waals surface area (Å²) in [4.78, 5) is 12.2. The van der Waals surface area contributed by atoms with Gasteiger partial charge in [0.15, 0.2) is 0 Å². The molecule has 0 aromatic carbocycles. The topological polar surface area (TPSA) is 43.1 Å². The molecule has 1 aliphatic carbocycles. The Hall–Kier alpha value is -0.370. The number of unbranched alkanes of at least 4 members (excludes halogenated alkanes) is 3. The van der Waals surface area contributed by atoms with Gasteiger partial charge in [-0.1, -0.05) is 45.4 Å². The maximum absolute atomic E-state index is 12.2. The zero-order chi connectivity index (χ0) is 11.9. The number of carbonyl (C=O) groups excluding carboxylic acids is 1. The molecule has 0 bridgehead atoms. The zero-order valence-corrected chi connectivity index (χ0v) is 10.8. The van der Waals surface area contributed by atoms with Crippen molar-refractivity contribution in [1.82, 2.24) is 0 Å². The molecule has 0 aromatic heterocycles. The van der Waals surface area contributed by atoms with Gasteiger partial charge < -0.3 is 5.73 Å². The molecule has 0 radical (unpaired) electrons. The van der Waals surface area contributed by atoms with Crippen LogP contribution in [-0.2, 0) is 4.79 Å². The van der Waals surface area contributed by atoms with E-state index in [1.54, 1.807) is 0 Å². The average Bonchev–Trinajstić information content (AvgIpc) is 2.35. The van der Waals surface area contributed by atoms with Gasteiger partial charge in [-0.3, -0.25) is 4.79 Å². The molecule has 0 unspecified atom stereocenters. The summed E-state index contributed by atoms with van der Waals surface area (Å²) in [6.45, 7) is 2.77. The molecule has 0 atom stereocenters. The van der Waals surface area contributed by atoms with Gasteiger partial charge in [-0.15, -0.1) is 0 Å². The fourth-order valence-electron chi connectivity index (χ4n) is 2.80. The van der Waals surface area contributed by atoms with Gasteiger partial charge in [-0.05, 0) is 19.3 Å². The largest absolute Gasteiger partial charge is 0.329 e. The molecule has 1 aliphatic rings. The molecule has 0 amide bonds. The van der Waals surface area contributed by atoms with Crippen LogP contribution in [0.2, 0.25) is 0 Å². The molecule has 1 saturated carbocycles. The number of hydrogen-bond acceptors (Lipinski definition) is 2. The Morgan fingerprint density at radius 2 is 1.81 bits per heavy atom. The summed E-state index contributed by atoms with van der Waals surface area (Å²) in [5.41, 5.74) is 5.71. The Bertz CT molecular complexity index is 207. The van der Waals surface area contributed by atoms with Crippen molar-refractivity contribution < 1.29 is 4.79 Å². The van der Waals surface area contributed by atoms with Gasteiger partial charge in [0.05, 0.1) is 0 Å². The third-order valence-corrected chi connectivity index (χ3v) is 4.05. The van der Waals surface area contributed by atoms with Crippen LogP contribution in [0.1, 0.15) is 71.1 Å². The molecule has 2 nitrogen and oxygen atoms in total. The monoisotopic (exact) mass is 225 g/mol. The van der Waals surface area contributed by atoms with Crippen molar-refractivity contribution >= 4 is 5.78 Å². The Morgan fingerprint density at radius 1 is 1.12 bits per heavy atom. The predicted octanol–water partition coefficient (Wildman–Crippen LogP) is 3.44. The Morgan fingerprint density at radius 3 is 2.38 bits per heavy atom. The summed E-state index contributed by atoms with van der Waals surface area (Å²) in [7, 11) is 0. The van der Waals surface area contributed by atoms with Crippen molar-refractivity contribution in [3.63, 3.8) is 0 Å².